The van der Waals surface area contributed by atoms with Crippen LogP contribution in [-0.2, 0) is 33.9 Å². The van der Waals surface area contributed by atoms with E-state index in [-0.39, 0.29) is 40.9 Å². The van der Waals surface area contributed by atoms with Gasteiger partial charge in [-0.25, -0.2) is 18.2 Å². The number of likely N-dealkylation sites (tertiary alicyclic amines) is 1. The standard InChI is InChI=1S/C44H49ClN6O10S/c1-6-28-24-44(28,46)41(55)51(62(57,58)31-15-11-8-12-16-31)40(54)36-22-30(26-50(36)39(53)35(25-47-38(52)19-20-45)49-42(56)61-43(2,3)4)60-37-23-33(27-13-9-7-10-14-27)48-34-21-29(59-5)17-18-32(34)37/h6-18,21,23,28,30,35-36H,1,19-20,22,24-26,46H2,2-5H3,(H,47,52)(H,49,56)/t28-,30-,35+,36+,44-/m1/s1. The number of benzene rings is 3. The molecule has 2 fully saturated rings. The normalized spacial score (nSPS) is 20.1. The van der Waals surface area contributed by atoms with Gasteiger partial charge in [0.05, 0.1) is 29.8 Å². The van der Waals surface area contributed by atoms with Crippen LogP contribution in [0.15, 0.2) is 102 Å². The number of imide groups is 1. The lowest BCUT2D eigenvalue weighted by atomic mass is 10.1. The molecule has 6 rings (SSSR count). The van der Waals surface area contributed by atoms with Crippen molar-refractivity contribution in [2.75, 3.05) is 26.1 Å². The van der Waals surface area contributed by atoms with Crippen molar-refractivity contribution in [3.63, 3.8) is 0 Å². The monoisotopic (exact) mass is 888 g/mol. The van der Waals surface area contributed by atoms with Gasteiger partial charge in [-0.15, -0.1) is 18.2 Å². The first-order valence-electron chi connectivity index (χ1n) is 19.8. The Morgan fingerprint density at radius 2 is 1.73 bits per heavy atom. The SMILES string of the molecule is C=C[C@@H]1C[C@]1(N)C(=O)N(C(=O)[C@@H]1C[C@@H](Oc2cc(-c3ccccc3)nc3cc(OC)ccc23)CN1C(=O)[C@H](CNC(=O)CCCl)NC(=O)OC(C)(C)C)S(=O)(=O)c1ccccc1. The molecule has 5 atom stereocenters. The van der Waals surface area contributed by atoms with Crippen molar-refractivity contribution < 1.29 is 46.6 Å². The maximum absolute atomic E-state index is 15.1. The summed E-state index contributed by atoms with van der Waals surface area (Å²) in [4.78, 5) is 75.5. The summed E-state index contributed by atoms with van der Waals surface area (Å²) in [6, 6.07) is 19.9. The number of amides is 5. The molecule has 2 heterocycles. The van der Waals surface area contributed by atoms with Gasteiger partial charge in [-0.05, 0) is 51.5 Å². The molecule has 0 spiro atoms. The molecule has 18 heteroatoms. The molecule has 2 aliphatic rings. The van der Waals surface area contributed by atoms with E-state index in [1.807, 2.05) is 30.3 Å². The maximum Gasteiger partial charge on any atom is 0.408 e. The number of alkyl carbamates (subject to hydrolysis) is 1. The first kappa shape index (κ1) is 45.5. The van der Waals surface area contributed by atoms with Crippen LogP contribution in [0.2, 0.25) is 0 Å². The number of nitrogens with two attached hydrogens (primary N) is 1. The lowest BCUT2D eigenvalue weighted by molar-refractivity contribution is -0.147. The fourth-order valence-corrected chi connectivity index (χ4v) is 8.76. The summed E-state index contributed by atoms with van der Waals surface area (Å²) in [6.07, 6.45) is -1.01. The lowest BCUT2D eigenvalue weighted by Gasteiger charge is -2.32. The van der Waals surface area contributed by atoms with Crippen LogP contribution in [0.1, 0.15) is 40.0 Å². The molecule has 1 saturated heterocycles. The van der Waals surface area contributed by atoms with Gasteiger partial charge in [0.25, 0.3) is 21.8 Å². The second kappa shape index (κ2) is 18.5. The molecular weight excluding hydrogens is 840 g/mol. The number of methoxy groups -OCH3 is 1. The number of hydrogen-bond acceptors (Lipinski definition) is 12. The molecular formula is C44H49ClN6O10S. The summed E-state index contributed by atoms with van der Waals surface area (Å²) in [5.41, 5.74) is 5.49. The van der Waals surface area contributed by atoms with Crippen molar-refractivity contribution in [3.8, 4) is 22.8 Å². The number of pyridine rings is 1. The third kappa shape index (κ3) is 10.0. The zero-order chi connectivity index (χ0) is 45.0. The van der Waals surface area contributed by atoms with Gasteiger partial charge in [0, 0.05) is 54.3 Å². The van der Waals surface area contributed by atoms with E-state index in [2.05, 4.69) is 17.2 Å². The fraction of sp³-hybridized carbons (Fsp3) is 0.364. The topological polar surface area (TPSA) is 217 Å². The Kier molecular flexibility index (Phi) is 13.6. The van der Waals surface area contributed by atoms with Crippen LogP contribution in [0.4, 0.5) is 4.79 Å². The Hall–Kier alpha value is -6.04. The van der Waals surface area contributed by atoms with Gasteiger partial charge in [0.15, 0.2) is 0 Å². The average Bonchev–Trinajstić information content (AvgIpc) is 3.75. The summed E-state index contributed by atoms with van der Waals surface area (Å²) < 4.78 is 46.5. The number of nitrogens with one attached hydrogen (secondary N) is 2. The number of fused-ring (bicyclic) bond motifs is 1. The lowest BCUT2D eigenvalue weighted by Crippen LogP contribution is -2.60. The predicted octanol–water partition coefficient (Wildman–Crippen LogP) is 4.54. The Balaban J connectivity index is 1.45. The molecule has 328 valence electrons. The Labute approximate surface area is 364 Å². The van der Waals surface area contributed by atoms with Crippen molar-refractivity contribution >= 4 is 62.2 Å². The van der Waals surface area contributed by atoms with E-state index in [0.29, 0.717) is 28.1 Å². The van der Waals surface area contributed by atoms with Gasteiger partial charge < -0.3 is 35.5 Å². The van der Waals surface area contributed by atoms with E-state index >= 15 is 4.79 Å². The smallest absolute Gasteiger partial charge is 0.408 e. The number of ether oxygens (including phenoxy) is 3. The van der Waals surface area contributed by atoms with Gasteiger partial charge in [-0.3, -0.25) is 19.2 Å². The zero-order valence-electron chi connectivity index (χ0n) is 34.7. The predicted molar refractivity (Wildman–Crippen MR) is 230 cm³/mol. The average molecular weight is 889 g/mol. The van der Waals surface area contributed by atoms with Crippen LogP contribution >= 0.6 is 11.6 Å². The highest BCUT2D eigenvalue weighted by Crippen LogP contribution is 2.45. The molecule has 0 unspecified atom stereocenters. The van der Waals surface area contributed by atoms with E-state index in [0.717, 1.165) is 10.5 Å². The summed E-state index contributed by atoms with van der Waals surface area (Å²) in [6.45, 7) is 7.74. The second-order valence-electron chi connectivity index (χ2n) is 16.0. The number of sulfonamides is 1. The minimum absolute atomic E-state index is 0.0238. The molecule has 1 aliphatic carbocycles. The highest BCUT2D eigenvalue weighted by molar-refractivity contribution is 7.90. The van der Waals surface area contributed by atoms with Crippen molar-refractivity contribution in [2.24, 2.45) is 11.7 Å². The molecule has 5 amide bonds. The molecule has 0 radical (unpaired) electrons. The van der Waals surface area contributed by atoms with E-state index in [9.17, 15) is 27.6 Å². The summed E-state index contributed by atoms with van der Waals surface area (Å²) in [5.74, 6) is -3.74. The quantitative estimate of drug-likeness (QED) is 0.0852. The maximum atomic E-state index is 15.1. The molecule has 62 heavy (non-hydrogen) atoms. The van der Waals surface area contributed by atoms with Crippen LogP contribution < -0.4 is 25.8 Å². The Morgan fingerprint density at radius 1 is 1.05 bits per heavy atom. The van der Waals surface area contributed by atoms with Crippen LogP contribution in [0, 0.1) is 5.92 Å². The number of nitrogens with zero attached hydrogens (tertiary/aromatic N) is 3. The third-order valence-electron chi connectivity index (χ3n) is 10.4. The number of carbonyl (C=O) groups is 5. The minimum Gasteiger partial charge on any atom is -0.497 e. The first-order valence-corrected chi connectivity index (χ1v) is 21.8. The number of alkyl halides is 1. The van der Waals surface area contributed by atoms with Crippen molar-refractivity contribution in [1.82, 2.24) is 24.8 Å². The molecule has 1 aliphatic heterocycles. The Morgan fingerprint density at radius 3 is 2.34 bits per heavy atom. The molecule has 0 bridgehead atoms. The zero-order valence-corrected chi connectivity index (χ0v) is 36.3. The van der Waals surface area contributed by atoms with E-state index < -0.39 is 81.5 Å². The van der Waals surface area contributed by atoms with Gasteiger partial charge in [0.2, 0.25) is 11.8 Å². The Bertz CT molecular complexity index is 2470. The minimum atomic E-state index is -4.93. The number of rotatable bonds is 15. The van der Waals surface area contributed by atoms with Crippen molar-refractivity contribution in [3.05, 3.63) is 97.6 Å². The number of aromatic nitrogens is 1. The number of halogens is 1. The van der Waals surface area contributed by atoms with Gasteiger partial charge in [0.1, 0.15) is 40.8 Å². The molecule has 16 nitrogen and oxygen atoms in total. The highest BCUT2D eigenvalue weighted by Gasteiger charge is 2.61. The first-order chi connectivity index (χ1) is 29.4. The van der Waals surface area contributed by atoms with Crippen LogP contribution in [-0.4, -0.2) is 108 Å². The molecule has 3 aromatic carbocycles. The van der Waals surface area contributed by atoms with Crippen LogP contribution in [0.3, 0.4) is 0 Å². The van der Waals surface area contributed by atoms with E-state index in [1.165, 1.54) is 37.5 Å². The highest BCUT2D eigenvalue weighted by atomic mass is 35.5. The third-order valence-corrected chi connectivity index (χ3v) is 12.3. The van der Waals surface area contributed by atoms with Gasteiger partial charge in [-0.2, -0.15) is 4.31 Å². The van der Waals surface area contributed by atoms with E-state index in [1.54, 1.807) is 51.1 Å². The van der Waals surface area contributed by atoms with Crippen molar-refractivity contribution in [2.45, 2.75) is 74.3 Å². The van der Waals surface area contributed by atoms with Crippen LogP contribution in [0.5, 0.6) is 11.5 Å². The molecule has 1 aromatic heterocycles. The summed E-state index contributed by atoms with van der Waals surface area (Å²) in [5, 5.41) is 5.61. The second-order valence-corrected chi connectivity index (χ2v) is 18.2. The largest absolute Gasteiger partial charge is 0.497 e. The fourth-order valence-electron chi connectivity index (χ4n) is 7.13. The van der Waals surface area contributed by atoms with Crippen LogP contribution in [0.25, 0.3) is 22.2 Å². The van der Waals surface area contributed by atoms with Gasteiger partial charge >= 0.3 is 6.09 Å². The number of hydrogen-bond donors (Lipinski definition) is 3. The number of carbonyl (C=O) groups excluding carboxylic acids is 5. The molecule has 1 saturated carbocycles. The summed E-state index contributed by atoms with van der Waals surface area (Å²) in [7, 11) is -3.41. The van der Waals surface area contributed by atoms with Gasteiger partial charge in [-0.1, -0.05) is 54.6 Å². The van der Waals surface area contributed by atoms with Crippen molar-refractivity contribution in [1.29, 1.82) is 0 Å². The molecule has 4 N–H and O–H groups in total. The molecule has 4 aromatic rings. The van der Waals surface area contributed by atoms with E-state index in [4.69, 9.17) is 36.5 Å². The summed E-state index contributed by atoms with van der Waals surface area (Å²) >= 11 is 5.78.